The highest BCUT2D eigenvalue weighted by molar-refractivity contribution is 5.95. The summed E-state index contributed by atoms with van der Waals surface area (Å²) in [4.78, 5) is 13.2. The zero-order valence-corrected chi connectivity index (χ0v) is 12.7. The Labute approximate surface area is 116 Å². The molecule has 3 nitrogen and oxygen atoms in total. The van der Waals surface area contributed by atoms with E-state index in [0.29, 0.717) is 12.5 Å². The molecule has 0 aromatic heterocycles. The fourth-order valence-electron chi connectivity index (χ4n) is 4.77. The summed E-state index contributed by atoms with van der Waals surface area (Å²) in [5.41, 5.74) is 4.81. The summed E-state index contributed by atoms with van der Waals surface area (Å²) in [6.07, 6.45) is 5.19. The molecule has 108 valence electrons. The summed E-state index contributed by atoms with van der Waals surface area (Å²) in [6, 6.07) is 0. The van der Waals surface area contributed by atoms with Crippen LogP contribution in [0.25, 0.3) is 0 Å². The molecule has 0 aromatic carbocycles. The number of hydrogen-bond acceptors (Lipinski definition) is 3. The Bertz CT molecular complexity index is 432. The van der Waals surface area contributed by atoms with Gasteiger partial charge in [-0.2, -0.15) is 0 Å². The molecule has 3 heteroatoms. The first kappa shape index (κ1) is 13.6. The lowest BCUT2D eigenvalue weighted by molar-refractivity contribution is -0.194. The summed E-state index contributed by atoms with van der Waals surface area (Å²) < 4.78 is 6.47. The highest BCUT2D eigenvalue weighted by atomic mass is 16.5. The standard InChI is InChI=1S/C16H27NO2/c1-13(2)11-5-6-15(4)8-7-14(3,10-17)12(18)16(15,9-11)19-13/h11H,5-10,17H2,1-4H3/t11?,14?,15-,16?/m1/s1. The SMILES string of the molecule is CC1(CN)CC[C@@]2(C)CCC3CC2(OC3(C)C)C1=O. The molecule has 3 aliphatic rings. The number of nitrogens with two attached hydrogens (primary N) is 1. The number of fused-ring (bicyclic) bond motifs is 1. The molecule has 1 aliphatic heterocycles. The Kier molecular flexibility index (Phi) is 2.58. The van der Waals surface area contributed by atoms with Gasteiger partial charge in [0.05, 0.1) is 5.60 Å². The molecule has 2 aliphatic carbocycles. The topological polar surface area (TPSA) is 52.3 Å². The molecule has 0 amide bonds. The van der Waals surface area contributed by atoms with Gasteiger partial charge in [-0.05, 0) is 51.9 Å². The van der Waals surface area contributed by atoms with E-state index >= 15 is 0 Å². The van der Waals surface area contributed by atoms with E-state index in [1.54, 1.807) is 0 Å². The van der Waals surface area contributed by atoms with Gasteiger partial charge in [0, 0.05) is 17.4 Å². The summed E-state index contributed by atoms with van der Waals surface area (Å²) in [5, 5.41) is 0. The van der Waals surface area contributed by atoms with Gasteiger partial charge < -0.3 is 10.5 Å². The molecule has 2 N–H and O–H groups in total. The smallest absolute Gasteiger partial charge is 0.172 e. The number of Topliss-reactive ketones (excluding diaryl/α,β-unsaturated/α-hetero) is 1. The van der Waals surface area contributed by atoms with Crippen molar-refractivity contribution in [3.8, 4) is 0 Å². The largest absolute Gasteiger partial charge is 0.360 e. The molecule has 1 heterocycles. The summed E-state index contributed by atoms with van der Waals surface area (Å²) in [6.45, 7) is 9.04. The van der Waals surface area contributed by atoms with Crippen molar-refractivity contribution in [1.82, 2.24) is 0 Å². The van der Waals surface area contributed by atoms with E-state index in [1.807, 2.05) is 6.92 Å². The Balaban J connectivity index is 2.09. The third kappa shape index (κ3) is 1.49. The molecule has 3 rings (SSSR count). The van der Waals surface area contributed by atoms with Crippen LogP contribution in [0.5, 0.6) is 0 Å². The second kappa shape index (κ2) is 3.62. The average molecular weight is 265 g/mol. The normalized spacial score (nSPS) is 52.1. The molecular formula is C16H27NO2. The maximum atomic E-state index is 13.2. The van der Waals surface area contributed by atoms with Crippen molar-refractivity contribution in [3.05, 3.63) is 0 Å². The van der Waals surface area contributed by atoms with Crippen molar-refractivity contribution in [2.75, 3.05) is 6.54 Å². The quantitative estimate of drug-likeness (QED) is 0.793. The highest BCUT2D eigenvalue weighted by Gasteiger charge is 2.70. The first-order valence-corrected chi connectivity index (χ1v) is 7.64. The van der Waals surface area contributed by atoms with Crippen molar-refractivity contribution in [2.45, 2.75) is 71.0 Å². The summed E-state index contributed by atoms with van der Waals surface area (Å²) in [5.74, 6) is 0.802. The first-order chi connectivity index (χ1) is 8.69. The Morgan fingerprint density at radius 1 is 1.21 bits per heavy atom. The predicted molar refractivity (Wildman–Crippen MR) is 74.7 cm³/mol. The Morgan fingerprint density at radius 2 is 1.89 bits per heavy atom. The molecule has 0 aromatic rings. The second-order valence-corrected chi connectivity index (χ2v) is 8.13. The van der Waals surface area contributed by atoms with Gasteiger partial charge in [-0.1, -0.05) is 13.8 Å². The van der Waals surface area contributed by atoms with Crippen LogP contribution in [0.3, 0.4) is 0 Å². The van der Waals surface area contributed by atoms with Crippen molar-refractivity contribution in [3.63, 3.8) is 0 Å². The fourth-order valence-corrected chi connectivity index (χ4v) is 4.77. The van der Waals surface area contributed by atoms with E-state index in [4.69, 9.17) is 10.5 Å². The molecule has 4 atom stereocenters. The van der Waals surface area contributed by atoms with Crippen LogP contribution in [0.15, 0.2) is 0 Å². The van der Waals surface area contributed by atoms with E-state index in [9.17, 15) is 4.79 Å². The fraction of sp³-hybridized carbons (Fsp3) is 0.938. The lowest BCUT2D eigenvalue weighted by Crippen LogP contribution is -2.63. The molecule has 0 radical (unpaired) electrons. The monoisotopic (exact) mass is 265 g/mol. The molecule has 2 bridgehead atoms. The number of hydrogen-bond donors (Lipinski definition) is 1. The van der Waals surface area contributed by atoms with E-state index in [0.717, 1.165) is 25.7 Å². The van der Waals surface area contributed by atoms with Crippen molar-refractivity contribution in [1.29, 1.82) is 0 Å². The molecule has 2 saturated carbocycles. The minimum Gasteiger partial charge on any atom is -0.360 e. The molecular weight excluding hydrogens is 238 g/mol. The van der Waals surface area contributed by atoms with Crippen LogP contribution in [-0.2, 0) is 9.53 Å². The van der Waals surface area contributed by atoms with Gasteiger partial charge in [0.15, 0.2) is 5.78 Å². The zero-order chi connectivity index (χ0) is 14.1. The van der Waals surface area contributed by atoms with Crippen LogP contribution in [-0.4, -0.2) is 23.5 Å². The van der Waals surface area contributed by atoms with Crippen LogP contribution in [0, 0.1) is 16.7 Å². The second-order valence-electron chi connectivity index (χ2n) is 8.13. The van der Waals surface area contributed by atoms with E-state index in [1.165, 1.54) is 6.42 Å². The maximum absolute atomic E-state index is 13.2. The maximum Gasteiger partial charge on any atom is 0.172 e. The molecule has 3 unspecified atom stereocenters. The summed E-state index contributed by atoms with van der Waals surface area (Å²) in [7, 11) is 0. The molecule has 1 spiro atoms. The van der Waals surface area contributed by atoms with Gasteiger partial charge >= 0.3 is 0 Å². The van der Waals surface area contributed by atoms with Crippen LogP contribution >= 0.6 is 0 Å². The van der Waals surface area contributed by atoms with Crippen LogP contribution in [0.4, 0.5) is 0 Å². The van der Waals surface area contributed by atoms with Gasteiger partial charge in [-0.15, -0.1) is 0 Å². The first-order valence-electron chi connectivity index (χ1n) is 7.64. The van der Waals surface area contributed by atoms with Crippen LogP contribution < -0.4 is 5.73 Å². The van der Waals surface area contributed by atoms with Crippen molar-refractivity contribution in [2.24, 2.45) is 22.5 Å². The average Bonchev–Trinajstić information content (AvgIpc) is 2.59. The van der Waals surface area contributed by atoms with Crippen molar-refractivity contribution >= 4 is 5.78 Å². The summed E-state index contributed by atoms with van der Waals surface area (Å²) >= 11 is 0. The number of carbonyl (C=O) groups is 1. The lowest BCUT2D eigenvalue weighted by Gasteiger charge is -2.55. The van der Waals surface area contributed by atoms with Gasteiger partial charge in [0.2, 0.25) is 0 Å². The minimum absolute atomic E-state index is 0.0169. The molecule has 19 heavy (non-hydrogen) atoms. The Morgan fingerprint density at radius 3 is 2.53 bits per heavy atom. The van der Waals surface area contributed by atoms with E-state index < -0.39 is 5.60 Å². The predicted octanol–water partition coefficient (Wildman–Crippen LogP) is 2.67. The molecule has 3 fully saturated rings. The molecule has 1 saturated heterocycles. The van der Waals surface area contributed by atoms with Crippen LogP contribution in [0.2, 0.25) is 0 Å². The lowest BCUT2D eigenvalue weighted by atomic mass is 9.50. The zero-order valence-electron chi connectivity index (χ0n) is 12.7. The Hall–Kier alpha value is -0.410. The van der Waals surface area contributed by atoms with Gasteiger partial charge in [0.25, 0.3) is 0 Å². The number of carbonyl (C=O) groups excluding carboxylic acids is 1. The number of rotatable bonds is 1. The highest BCUT2D eigenvalue weighted by Crippen LogP contribution is 2.64. The van der Waals surface area contributed by atoms with E-state index in [2.05, 4.69) is 20.8 Å². The van der Waals surface area contributed by atoms with Gasteiger partial charge in [0.1, 0.15) is 5.60 Å². The van der Waals surface area contributed by atoms with Gasteiger partial charge in [-0.3, -0.25) is 4.79 Å². The van der Waals surface area contributed by atoms with Crippen LogP contribution in [0.1, 0.15) is 59.8 Å². The number of ketones is 1. The minimum atomic E-state index is -0.564. The van der Waals surface area contributed by atoms with Gasteiger partial charge in [-0.25, -0.2) is 0 Å². The third-order valence-electron chi connectivity index (χ3n) is 6.57. The number of ether oxygens (including phenoxy) is 1. The van der Waals surface area contributed by atoms with Crippen molar-refractivity contribution < 1.29 is 9.53 Å². The third-order valence-corrected chi connectivity index (χ3v) is 6.57. The van der Waals surface area contributed by atoms with E-state index in [-0.39, 0.29) is 22.2 Å².